The topological polar surface area (TPSA) is 102 Å². The molecule has 0 amide bonds. The number of esters is 2. The van der Waals surface area contributed by atoms with Gasteiger partial charge in [0.15, 0.2) is 5.57 Å². The van der Waals surface area contributed by atoms with Gasteiger partial charge in [0, 0.05) is 20.0 Å². The number of hydrogen-bond donors (Lipinski definition) is 2. The van der Waals surface area contributed by atoms with Crippen LogP contribution in [0.2, 0.25) is 0 Å². The number of hydrogen-bond acceptors (Lipinski definition) is 6. The Morgan fingerprint density at radius 2 is 1.82 bits per heavy atom. The molecule has 1 rings (SSSR count). The molecule has 0 aromatic rings. The van der Waals surface area contributed by atoms with Crippen molar-refractivity contribution in [2.45, 2.75) is 32.6 Å². The number of aliphatic carboxylic acids is 1. The fourth-order valence-corrected chi connectivity index (χ4v) is 1.06. The normalized spacial score (nSPS) is 20.1. The van der Waals surface area contributed by atoms with Crippen LogP contribution in [0, 0.1) is 0 Å². The molecule has 0 aromatic carbocycles. The summed E-state index contributed by atoms with van der Waals surface area (Å²) in [6.45, 7) is 4.21. The number of carbonyl (C=O) groups is 3. The van der Waals surface area contributed by atoms with Crippen molar-refractivity contribution in [3.63, 3.8) is 0 Å². The summed E-state index contributed by atoms with van der Waals surface area (Å²) in [7, 11) is 0. The molecular weight excluding hydrogens is 230 g/mol. The van der Waals surface area contributed by atoms with Gasteiger partial charge < -0.3 is 19.9 Å². The quantitative estimate of drug-likeness (QED) is 0.401. The number of rotatable bonds is 3. The van der Waals surface area contributed by atoms with Crippen molar-refractivity contribution >= 4 is 17.9 Å². The third kappa shape index (κ3) is 3.20. The van der Waals surface area contributed by atoms with Crippen LogP contribution >= 0.6 is 0 Å². The fourth-order valence-electron chi connectivity index (χ4n) is 1.06. The van der Waals surface area contributed by atoms with Gasteiger partial charge in [-0.1, -0.05) is 0 Å². The van der Waals surface area contributed by atoms with Gasteiger partial charge in [0.2, 0.25) is 0 Å². The minimum atomic E-state index is -1.30. The van der Waals surface area contributed by atoms with Gasteiger partial charge in [-0.25, -0.2) is 9.59 Å². The summed E-state index contributed by atoms with van der Waals surface area (Å²) in [5.74, 6) is -4.11. The molecule has 1 heterocycles. The van der Waals surface area contributed by atoms with Crippen molar-refractivity contribution in [1.29, 1.82) is 0 Å². The Labute approximate surface area is 97.4 Å². The maximum atomic E-state index is 11.4. The molecular formula is C10H13NO6. The Balaban J connectivity index is 2.78. The van der Waals surface area contributed by atoms with Gasteiger partial charge in [-0.05, 0) is 6.92 Å². The van der Waals surface area contributed by atoms with E-state index in [1.807, 2.05) is 0 Å². The van der Waals surface area contributed by atoms with Crippen molar-refractivity contribution in [2.75, 3.05) is 0 Å². The number of carboxylic acid groups (broad SMARTS) is 1. The third-order valence-electron chi connectivity index (χ3n) is 1.96. The van der Waals surface area contributed by atoms with E-state index in [4.69, 9.17) is 14.6 Å². The number of carboxylic acids is 1. The van der Waals surface area contributed by atoms with Crippen molar-refractivity contribution in [1.82, 2.24) is 5.32 Å². The van der Waals surface area contributed by atoms with E-state index in [1.165, 1.54) is 20.8 Å². The molecule has 7 heteroatoms. The minimum Gasteiger partial charge on any atom is -0.480 e. The first-order valence-electron chi connectivity index (χ1n) is 4.88. The summed E-state index contributed by atoms with van der Waals surface area (Å²) in [5, 5.41) is 11.0. The van der Waals surface area contributed by atoms with Crippen LogP contribution in [0.3, 0.4) is 0 Å². The van der Waals surface area contributed by atoms with Crippen LogP contribution < -0.4 is 5.32 Å². The third-order valence-corrected chi connectivity index (χ3v) is 1.96. The van der Waals surface area contributed by atoms with Crippen molar-refractivity contribution < 1.29 is 29.0 Å². The van der Waals surface area contributed by atoms with Gasteiger partial charge in [-0.15, -0.1) is 0 Å². The van der Waals surface area contributed by atoms with E-state index in [0.29, 0.717) is 0 Å². The molecule has 0 aromatic heterocycles. The molecule has 0 bridgehead atoms. The molecule has 0 radical (unpaired) electrons. The van der Waals surface area contributed by atoms with E-state index in [1.54, 1.807) is 0 Å². The molecule has 0 saturated carbocycles. The first-order chi connectivity index (χ1) is 7.73. The Kier molecular flexibility index (Phi) is 3.40. The second kappa shape index (κ2) is 4.44. The second-order valence-electron chi connectivity index (χ2n) is 3.96. The molecule has 94 valence electrons. The lowest BCUT2D eigenvalue weighted by molar-refractivity contribution is -0.222. The summed E-state index contributed by atoms with van der Waals surface area (Å²) in [6, 6.07) is -0.932. The molecule has 7 nitrogen and oxygen atoms in total. The van der Waals surface area contributed by atoms with Crippen LogP contribution in [-0.4, -0.2) is 34.8 Å². The molecule has 1 saturated heterocycles. The highest BCUT2D eigenvalue weighted by molar-refractivity contribution is 6.15. The van der Waals surface area contributed by atoms with E-state index in [9.17, 15) is 14.4 Å². The van der Waals surface area contributed by atoms with Gasteiger partial charge in [-0.2, -0.15) is 0 Å². The summed E-state index contributed by atoms with van der Waals surface area (Å²) >= 11 is 0. The first-order valence-corrected chi connectivity index (χ1v) is 4.88. The lowest BCUT2D eigenvalue weighted by Crippen LogP contribution is -2.42. The van der Waals surface area contributed by atoms with Crippen LogP contribution in [0.4, 0.5) is 0 Å². The number of cyclic esters (lactones) is 2. The van der Waals surface area contributed by atoms with E-state index >= 15 is 0 Å². The summed E-state index contributed by atoms with van der Waals surface area (Å²) < 4.78 is 9.62. The van der Waals surface area contributed by atoms with E-state index in [0.717, 1.165) is 6.20 Å². The molecule has 0 spiro atoms. The zero-order chi connectivity index (χ0) is 13.2. The summed E-state index contributed by atoms with van der Waals surface area (Å²) in [4.78, 5) is 33.4. The van der Waals surface area contributed by atoms with Gasteiger partial charge in [-0.3, -0.25) is 4.79 Å². The number of carbonyl (C=O) groups excluding carboxylic acids is 2. The zero-order valence-corrected chi connectivity index (χ0v) is 9.64. The maximum absolute atomic E-state index is 11.4. The van der Waals surface area contributed by atoms with Crippen LogP contribution in [0.1, 0.15) is 20.8 Å². The molecule has 2 N–H and O–H groups in total. The average molecular weight is 243 g/mol. The maximum Gasteiger partial charge on any atom is 0.350 e. The Bertz CT molecular complexity index is 376. The average Bonchev–Trinajstić information content (AvgIpc) is 2.13. The highest BCUT2D eigenvalue weighted by atomic mass is 16.7. The van der Waals surface area contributed by atoms with Gasteiger partial charge >= 0.3 is 17.9 Å². The predicted molar refractivity (Wildman–Crippen MR) is 54.6 cm³/mol. The standard InChI is InChI=1S/C10H13NO6/c1-5(7(12)13)11-4-6-8(14)16-10(2,3)17-9(6)15/h4-5,11H,1-3H3,(H,12,13)/t5-/m1/s1. The van der Waals surface area contributed by atoms with Crippen molar-refractivity contribution in [3.05, 3.63) is 11.8 Å². The molecule has 0 unspecified atom stereocenters. The molecule has 1 atom stereocenters. The highest BCUT2D eigenvalue weighted by Crippen LogP contribution is 2.21. The summed E-state index contributed by atoms with van der Waals surface area (Å²) in [6.07, 6.45) is 0.985. The first kappa shape index (κ1) is 13.0. The van der Waals surface area contributed by atoms with Crippen LogP contribution in [0.25, 0.3) is 0 Å². The van der Waals surface area contributed by atoms with E-state index in [-0.39, 0.29) is 5.57 Å². The van der Waals surface area contributed by atoms with Crippen molar-refractivity contribution in [3.8, 4) is 0 Å². The highest BCUT2D eigenvalue weighted by Gasteiger charge is 2.39. The zero-order valence-electron chi connectivity index (χ0n) is 9.64. The number of nitrogens with one attached hydrogen (secondary N) is 1. The molecule has 17 heavy (non-hydrogen) atoms. The Morgan fingerprint density at radius 1 is 1.35 bits per heavy atom. The smallest absolute Gasteiger partial charge is 0.350 e. The Hall–Kier alpha value is -2.05. The molecule has 0 aliphatic carbocycles. The van der Waals surface area contributed by atoms with Crippen molar-refractivity contribution in [2.24, 2.45) is 0 Å². The van der Waals surface area contributed by atoms with Gasteiger partial charge in [0.25, 0.3) is 5.79 Å². The monoisotopic (exact) mass is 243 g/mol. The SMILES string of the molecule is C[C@@H](NC=C1C(=O)OC(C)(C)OC1=O)C(=O)O. The van der Waals surface area contributed by atoms with Crippen LogP contribution in [0.15, 0.2) is 11.8 Å². The minimum absolute atomic E-state index is 0.363. The Morgan fingerprint density at radius 3 is 2.24 bits per heavy atom. The van der Waals surface area contributed by atoms with Gasteiger partial charge in [0.1, 0.15) is 6.04 Å². The lowest BCUT2D eigenvalue weighted by atomic mass is 10.2. The predicted octanol–water partition coefficient (Wildman–Crippen LogP) is -0.231. The largest absolute Gasteiger partial charge is 0.480 e. The van der Waals surface area contributed by atoms with Gasteiger partial charge in [0.05, 0.1) is 0 Å². The second-order valence-corrected chi connectivity index (χ2v) is 3.96. The van der Waals surface area contributed by atoms with E-state index in [2.05, 4.69) is 5.32 Å². The van der Waals surface area contributed by atoms with Crippen LogP contribution in [0.5, 0.6) is 0 Å². The van der Waals surface area contributed by atoms with E-state index < -0.39 is 29.7 Å². The van der Waals surface area contributed by atoms with Crippen LogP contribution in [-0.2, 0) is 23.9 Å². The number of ether oxygens (including phenoxy) is 2. The molecule has 1 aliphatic rings. The lowest BCUT2D eigenvalue weighted by Gasteiger charge is -2.29. The summed E-state index contributed by atoms with van der Waals surface area (Å²) in [5.41, 5.74) is -0.363. The molecule has 1 aliphatic heterocycles. The fraction of sp³-hybridized carbons (Fsp3) is 0.500. The molecule has 1 fully saturated rings.